The lowest BCUT2D eigenvalue weighted by atomic mass is 10.0. The summed E-state index contributed by atoms with van der Waals surface area (Å²) in [5.41, 5.74) is 1.03. The molecule has 96 valence electrons. The molecule has 0 spiro atoms. The predicted molar refractivity (Wildman–Crippen MR) is 69.5 cm³/mol. The summed E-state index contributed by atoms with van der Waals surface area (Å²) in [5, 5.41) is 10.3. The molecular weight excluding hydrogens is 240 g/mol. The Morgan fingerprint density at radius 1 is 1.59 bits per heavy atom. The highest BCUT2D eigenvalue weighted by molar-refractivity contribution is 5.94. The summed E-state index contributed by atoms with van der Waals surface area (Å²) in [7, 11) is 1.86. The lowest BCUT2D eigenvalue weighted by Crippen LogP contribution is -2.43. The monoisotopic (exact) mass is 258 g/mol. The van der Waals surface area contributed by atoms with Crippen molar-refractivity contribution >= 4 is 24.1 Å². The van der Waals surface area contributed by atoms with Gasteiger partial charge in [-0.25, -0.2) is 0 Å². The number of hydrogen-bond donors (Lipinski definition) is 2. The molecule has 1 aromatic heterocycles. The van der Waals surface area contributed by atoms with Crippen LogP contribution in [0.3, 0.4) is 0 Å². The average Bonchev–Trinajstić information content (AvgIpc) is 2.59. The Kier molecular flexibility index (Phi) is 4.96. The normalized spacial score (nSPS) is 19.5. The molecule has 1 fully saturated rings. The minimum Gasteiger partial charge on any atom is -0.308 e. The van der Waals surface area contributed by atoms with Gasteiger partial charge in [0.1, 0.15) is 0 Å². The molecular formula is C11H19ClN4O. The van der Waals surface area contributed by atoms with Gasteiger partial charge in [0.2, 0.25) is 5.91 Å². The fourth-order valence-corrected chi connectivity index (χ4v) is 1.91. The van der Waals surface area contributed by atoms with Gasteiger partial charge in [0.25, 0.3) is 0 Å². The summed E-state index contributed by atoms with van der Waals surface area (Å²) in [6, 6.07) is 1.82. The molecule has 2 rings (SSSR count). The Balaban J connectivity index is 0.00000144. The van der Waals surface area contributed by atoms with Gasteiger partial charge in [-0.15, -0.1) is 12.4 Å². The number of piperidine rings is 1. The molecule has 1 amide bonds. The highest BCUT2D eigenvalue weighted by atomic mass is 35.5. The van der Waals surface area contributed by atoms with Crippen molar-refractivity contribution in [2.75, 3.05) is 11.9 Å². The van der Waals surface area contributed by atoms with Gasteiger partial charge in [-0.05, 0) is 26.3 Å². The van der Waals surface area contributed by atoms with Gasteiger partial charge >= 0.3 is 0 Å². The molecule has 0 bridgehead atoms. The molecule has 1 aliphatic heterocycles. The number of carbonyl (C=O) groups is 1. The molecule has 1 aromatic rings. The van der Waals surface area contributed by atoms with E-state index in [0.717, 1.165) is 31.5 Å². The zero-order chi connectivity index (χ0) is 11.5. The smallest absolute Gasteiger partial charge is 0.242 e. The van der Waals surface area contributed by atoms with Crippen LogP contribution in [0.5, 0.6) is 0 Å². The SMILES string of the molecule is Cc1cc(NC(=O)[C@H]2CCCCN2)nn1C.Cl. The van der Waals surface area contributed by atoms with Crippen LogP contribution in [0.15, 0.2) is 6.07 Å². The molecule has 0 radical (unpaired) electrons. The summed E-state index contributed by atoms with van der Waals surface area (Å²) in [6.07, 6.45) is 3.19. The van der Waals surface area contributed by atoms with E-state index in [1.54, 1.807) is 4.68 Å². The van der Waals surface area contributed by atoms with Crippen molar-refractivity contribution in [1.29, 1.82) is 0 Å². The molecule has 0 aromatic carbocycles. The number of nitrogens with one attached hydrogen (secondary N) is 2. The highest BCUT2D eigenvalue weighted by Crippen LogP contribution is 2.11. The zero-order valence-electron chi connectivity index (χ0n) is 10.2. The van der Waals surface area contributed by atoms with Gasteiger partial charge in [0.15, 0.2) is 5.82 Å². The Hall–Kier alpha value is -1.07. The Morgan fingerprint density at radius 2 is 2.35 bits per heavy atom. The lowest BCUT2D eigenvalue weighted by Gasteiger charge is -2.21. The second-order valence-corrected chi connectivity index (χ2v) is 4.29. The van der Waals surface area contributed by atoms with Crippen molar-refractivity contribution in [2.24, 2.45) is 7.05 Å². The van der Waals surface area contributed by atoms with E-state index < -0.39 is 0 Å². The maximum atomic E-state index is 11.9. The first kappa shape index (κ1) is 14.0. The maximum absolute atomic E-state index is 11.9. The second-order valence-electron chi connectivity index (χ2n) is 4.29. The van der Waals surface area contributed by atoms with Crippen molar-refractivity contribution in [3.8, 4) is 0 Å². The summed E-state index contributed by atoms with van der Waals surface area (Å²) >= 11 is 0. The summed E-state index contributed by atoms with van der Waals surface area (Å²) < 4.78 is 1.75. The lowest BCUT2D eigenvalue weighted by molar-refractivity contribution is -0.118. The fraction of sp³-hybridized carbons (Fsp3) is 0.636. The number of hydrogen-bond acceptors (Lipinski definition) is 3. The first-order valence-electron chi connectivity index (χ1n) is 5.72. The molecule has 2 heterocycles. The van der Waals surface area contributed by atoms with Gasteiger partial charge in [-0.3, -0.25) is 9.48 Å². The van der Waals surface area contributed by atoms with E-state index in [1.165, 1.54) is 0 Å². The minimum atomic E-state index is -0.0592. The minimum absolute atomic E-state index is 0. The van der Waals surface area contributed by atoms with Crippen LogP contribution in [-0.2, 0) is 11.8 Å². The van der Waals surface area contributed by atoms with E-state index >= 15 is 0 Å². The Labute approximate surface area is 107 Å². The second kappa shape index (κ2) is 6.02. The maximum Gasteiger partial charge on any atom is 0.242 e. The van der Waals surface area contributed by atoms with Crippen LogP contribution in [0, 0.1) is 6.92 Å². The van der Waals surface area contributed by atoms with Crippen molar-refractivity contribution in [2.45, 2.75) is 32.2 Å². The molecule has 0 unspecified atom stereocenters. The molecule has 1 saturated heterocycles. The van der Waals surface area contributed by atoms with Gasteiger partial charge in [0, 0.05) is 18.8 Å². The number of carbonyl (C=O) groups excluding carboxylic acids is 1. The number of anilines is 1. The molecule has 17 heavy (non-hydrogen) atoms. The zero-order valence-corrected chi connectivity index (χ0v) is 11.0. The summed E-state index contributed by atoms with van der Waals surface area (Å²) in [5.74, 6) is 0.662. The number of halogens is 1. The van der Waals surface area contributed by atoms with Crippen LogP contribution >= 0.6 is 12.4 Å². The van der Waals surface area contributed by atoms with Crippen LogP contribution in [-0.4, -0.2) is 28.3 Å². The number of nitrogens with zero attached hydrogens (tertiary/aromatic N) is 2. The number of aromatic nitrogens is 2. The number of rotatable bonds is 2. The Bertz CT molecular complexity index is 365. The van der Waals surface area contributed by atoms with E-state index in [-0.39, 0.29) is 24.4 Å². The summed E-state index contributed by atoms with van der Waals surface area (Å²) in [6.45, 7) is 2.89. The Morgan fingerprint density at radius 3 is 2.88 bits per heavy atom. The van der Waals surface area contributed by atoms with Crippen molar-refractivity contribution in [3.05, 3.63) is 11.8 Å². The van der Waals surface area contributed by atoms with Crippen LogP contribution in [0.2, 0.25) is 0 Å². The first-order chi connectivity index (χ1) is 7.66. The van der Waals surface area contributed by atoms with Crippen LogP contribution in [0.1, 0.15) is 25.0 Å². The van der Waals surface area contributed by atoms with Gasteiger partial charge < -0.3 is 10.6 Å². The van der Waals surface area contributed by atoms with Gasteiger partial charge in [0.05, 0.1) is 6.04 Å². The van der Waals surface area contributed by atoms with E-state index in [0.29, 0.717) is 5.82 Å². The largest absolute Gasteiger partial charge is 0.308 e. The van der Waals surface area contributed by atoms with Gasteiger partial charge in [-0.2, -0.15) is 5.10 Å². The average molecular weight is 259 g/mol. The summed E-state index contributed by atoms with van der Waals surface area (Å²) in [4.78, 5) is 11.9. The molecule has 1 aliphatic rings. The molecule has 1 atom stereocenters. The highest BCUT2D eigenvalue weighted by Gasteiger charge is 2.21. The first-order valence-corrected chi connectivity index (χ1v) is 5.72. The van der Waals surface area contributed by atoms with E-state index in [4.69, 9.17) is 0 Å². The number of amides is 1. The van der Waals surface area contributed by atoms with Crippen molar-refractivity contribution < 1.29 is 4.79 Å². The van der Waals surface area contributed by atoms with E-state index in [2.05, 4.69) is 15.7 Å². The standard InChI is InChI=1S/C11H18N4O.ClH/c1-8-7-10(14-15(8)2)13-11(16)9-5-3-4-6-12-9;/h7,9,12H,3-6H2,1-2H3,(H,13,14,16);1H/t9-;/m1./s1. The molecule has 6 heteroatoms. The molecule has 5 nitrogen and oxygen atoms in total. The fourth-order valence-electron chi connectivity index (χ4n) is 1.91. The molecule has 0 aliphatic carbocycles. The van der Waals surface area contributed by atoms with Crippen LogP contribution in [0.4, 0.5) is 5.82 Å². The predicted octanol–water partition coefficient (Wildman–Crippen LogP) is 1.23. The van der Waals surface area contributed by atoms with E-state index in [9.17, 15) is 4.79 Å². The molecule has 0 saturated carbocycles. The van der Waals surface area contributed by atoms with Gasteiger partial charge in [-0.1, -0.05) is 6.42 Å². The number of aryl methyl sites for hydroxylation is 2. The van der Waals surface area contributed by atoms with E-state index in [1.807, 2.05) is 20.0 Å². The molecule has 2 N–H and O–H groups in total. The van der Waals surface area contributed by atoms with Crippen LogP contribution in [0.25, 0.3) is 0 Å². The van der Waals surface area contributed by atoms with Crippen molar-refractivity contribution in [3.63, 3.8) is 0 Å². The third kappa shape index (κ3) is 3.44. The topological polar surface area (TPSA) is 59.0 Å². The third-order valence-corrected chi connectivity index (χ3v) is 2.99. The van der Waals surface area contributed by atoms with Crippen LogP contribution < -0.4 is 10.6 Å². The quantitative estimate of drug-likeness (QED) is 0.839. The van der Waals surface area contributed by atoms with Crippen molar-refractivity contribution in [1.82, 2.24) is 15.1 Å². The third-order valence-electron chi connectivity index (χ3n) is 2.99.